The highest BCUT2D eigenvalue weighted by Crippen LogP contribution is 2.36. The number of ether oxygens (including phenoxy) is 2. The maximum atomic E-state index is 13.6. The van der Waals surface area contributed by atoms with Gasteiger partial charge in [0.1, 0.15) is 10.6 Å². The van der Waals surface area contributed by atoms with E-state index in [0.29, 0.717) is 29.7 Å². The lowest BCUT2D eigenvalue weighted by Gasteiger charge is -2.25. The molecular formula is C29H45NO5S. The molecule has 1 N–H and O–H groups in total. The Kier molecular flexibility index (Phi) is 11.0. The van der Waals surface area contributed by atoms with Crippen LogP contribution >= 0.6 is 0 Å². The van der Waals surface area contributed by atoms with Gasteiger partial charge in [-0.25, -0.2) is 8.42 Å². The summed E-state index contributed by atoms with van der Waals surface area (Å²) in [4.78, 5) is -0.0688. The number of aromatic hydroxyl groups is 1. The van der Waals surface area contributed by atoms with Crippen molar-refractivity contribution in [3.8, 4) is 5.75 Å². The highest BCUT2D eigenvalue weighted by molar-refractivity contribution is 7.89. The normalized spacial score (nSPS) is 12.5. The number of benzene rings is 2. The Morgan fingerprint density at radius 3 is 1.75 bits per heavy atom. The molecule has 0 fully saturated rings. The van der Waals surface area contributed by atoms with Crippen LogP contribution in [0.15, 0.2) is 29.2 Å². The Balaban J connectivity index is 2.65. The third kappa shape index (κ3) is 7.09. The molecule has 0 saturated carbocycles. The molecule has 0 spiro atoms. The van der Waals surface area contributed by atoms with Crippen molar-refractivity contribution in [2.24, 2.45) is 0 Å². The zero-order valence-corrected chi connectivity index (χ0v) is 24.3. The first-order valence-electron chi connectivity index (χ1n) is 12.8. The van der Waals surface area contributed by atoms with Gasteiger partial charge in [0.2, 0.25) is 10.0 Å². The van der Waals surface area contributed by atoms with Crippen LogP contribution in [0.5, 0.6) is 5.75 Å². The summed E-state index contributed by atoms with van der Waals surface area (Å²) in [6, 6.07) is 8.14. The Morgan fingerprint density at radius 1 is 0.833 bits per heavy atom. The second kappa shape index (κ2) is 13.0. The largest absolute Gasteiger partial charge is 0.506 e. The number of phenols is 1. The minimum Gasteiger partial charge on any atom is -0.506 e. The van der Waals surface area contributed by atoms with E-state index in [0.717, 1.165) is 5.56 Å². The van der Waals surface area contributed by atoms with Crippen LogP contribution < -0.4 is 0 Å². The van der Waals surface area contributed by atoms with Crippen molar-refractivity contribution >= 4 is 10.0 Å². The third-order valence-corrected chi connectivity index (χ3v) is 8.58. The fourth-order valence-corrected chi connectivity index (χ4v) is 6.12. The minimum absolute atomic E-state index is 0.0688. The zero-order valence-electron chi connectivity index (χ0n) is 23.5. The Hall–Kier alpha value is -1.93. The second-order valence-electron chi connectivity index (χ2n) is 10.5. The molecular weight excluding hydrogens is 474 g/mol. The molecule has 7 heteroatoms. The van der Waals surface area contributed by atoms with Crippen molar-refractivity contribution in [2.75, 3.05) is 40.5 Å². The lowest BCUT2D eigenvalue weighted by Crippen LogP contribution is -2.36. The van der Waals surface area contributed by atoms with E-state index in [1.54, 1.807) is 13.0 Å². The number of hydrogen-bond donors (Lipinski definition) is 1. The van der Waals surface area contributed by atoms with Crippen molar-refractivity contribution in [1.82, 2.24) is 4.31 Å². The second-order valence-corrected chi connectivity index (χ2v) is 12.4. The summed E-state index contributed by atoms with van der Waals surface area (Å²) in [5.41, 5.74) is 6.56. The summed E-state index contributed by atoms with van der Waals surface area (Å²) < 4.78 is 38.9. The number of rotatable bonds is 13. The maximum Gasteiger partial charge on any atom is 0.246 e. The number of hydrogen-bond acceptors (Lipinski definition) is 5. The third-order valence-electron chi connectivity index (χ3n) is 6.67. The Bertz CT molecular complexity index is 1090. The molecule has 0 aromatic heterocycles. The highest BCUT2D eigenvalue weighted by Gasteiger charge is 2.29. The first-order chi connectivity index (χ1) is 16.8. The zero-order chi connectivity index (χ0) is 27.2. The molecule has 36 heavy (non-hydrogen) atoms. The van der Waals surface area contributed by atoms with Gasteiger partial charge in [-0.1, -0.05) is 59.7 Å². The summed E-state index contributed by atoms with van der Waals surface area (Å²) in [6.45, 7) is 15.8. The van der Waals surface area contributed by atoms with Gasteiger partial charge in [0.25, 0.3) is 0 Å². The molecule has 0 aliphatic carbocycles. The monoisotopic (exact) mass is 519 g/mol. The average Bonchev–Trinajstić information content (AvgIpc) is 2.80. The number of nitrogens with zero attached hydrogens (tertiary/aromatic N) is 1. The van der Waals surface area contributed by atoms with Crippen molar-refractivity contribution in [2.45, 2.75) is 77.5 Å². The summed E-state index contributed by atoms with van der Waals surface area (Å²) >= 11 is 0. The number of sulfonamides is 1. The maximum absolute atomic E-state index is 13.6. The number of aryl methyl sites for hydroxylation is 1. The fourth-order valence-electron chi connectivity index (χ4n) is 4.51. The smallest absolute Gasteiger partial charge is 0.246 e. The average molecular weight is 520 g/mol. The van der Waals surface area contributed by atoms with Crippen LogP contribution in [0.4, 0.5) is 0 Å². The summed E-state index contributed by atoms with van der Waals surface area (Å²) in [5, 5.41) is 10.8. The van der Waals surface area contributed by atoms with Crippen molar-refractivity contribution < 1.29 is 23.0 Å². The van der Waals surface area contributed by atoms with E-state index < -0.39 is 10.0 Å². The van der Waals surface area contributed by atoms with E-state index in [1.807, 2.05) is 6.07 Å². The molecule has 0 heterocycles. The van der Waals surface area contributed by atoms with Gasteiger partial charge in [-0.2, -0.15) is 4.31 Å². The van der Waals surface area contributed by atoms with Crippen LogP contribution in [-0.2, 0) is 25.9 Å². The van der Waals surface area contributed by atoms with Gasteiger partial charge in [-0.15, -0.1) is 0 Å². The highest BCUT2D eigenvalue weighted by atomic mass is 32.2. The van der Waals surface area contributed by atoms with Crippen molar-refractivity contribution in [1.29, 1.82) is 0 Å². The minimum atomic E-state index is -3.96. The molecule has 0 aliphatic rings. The molecule has 0 radical (unpaired) electrons. The van der Waals surface area contributed by atoms with Crippen LogP contribution in [0.25, 0.3) is 0 Å². The summed E-state index contributed by atoms with van der Waals surface area (Å²) in [7, 11) is -0.893. The van der Waals surface area contributed by atoms with Crippen LogP contribution in [0.3, 0.4) is 0 Å². The molecule has 2 rings (SSSR count). The van der Waals surface area contributed by atoms with Crippen LogP contribution in [-0.4, -0.2) is 58.4 Å². The topological polar surface area (TPSA) is 76.1 Å². The van der Waals surface area contributed by atoms with Gasteiger partial charge in [0.05, 0.1) is 13.2 Å². The van der Waals surface area contributed by atoms with E-state index in [9.17, 15) is 13.5 Å². The van der Waals surface area contributed by atoms with Crippen molar-refractivity contribution in [3.63, 3.8) is 0 Å². The standard InChI is InChI=1S/C29H45NO5S/c1-19(2)24-17-25(20(3)4)27(26(18-24)21(5)6)15-23-14-22(7)29(31)28(16-23)36(32,33)30(10-12-34-8)11-13-35-9/h14,16-21,31H,10-13,15H2,1-9H3. The van der Waals surface area contributed by atoms with Crippen LogP contribution in [0, 0.1) is 6.92 Å². The van der Waals surface area contributed by atoms with E-state index in [-0.39, 0.29) is 36.9 Å². The van der Waals surface area contributed by atoms with Gasteiger partial charge in [0.15, 0.2) is 0 Å². The molecule has 0 unspecified atom stereocenters. The van der Waals surface area contributed by atoms with Gasteiger partial charge in [-0.05, 0) is 70.5 Å². The Morgan fingerprint density at radius 2 is 1.33 bits per heavy atom. The molecule has 0 atom stereocenters. The van der Waals surface area contributed by atoms with E-state index in [1.165, 1.54) is 40.8 Å². The van der Waals surface area contributed by atoms with Gasteiger partial charge < -0.3 is 14.6 Å². The Labute approximate surface area is 218 Å². The molecule has 2 aromatic rings. The molecule has 6 nitrogen and oxygen atoms in total. The molecule has 2 aromatic carbocycles. The van der Waals surface area contributed by atoms with Gasteiger partial charge >= 0.3 is 0 Å². The molecule has 0 saturated heterocycles. The van der Waals surface area contributed by atoms with Gasteiger partial charge in [0, 0.05) is 27.3 Å². The van der Waals surface area contributed by atoms with Crippen LogP contribution in [0.1, 0.15) is 92.7 Å². The fraction of sp³-hybridized carbons (Fsp3) is 0.586. The first kappa shape index (κ1) is 30.3. The van der Waals surface area contributed by atoms with Crippen molar-refractivity contribution in [3.05, 3.63) is 57.6 Å². The number of methoxy groups -OCH3 is 2. The van der Waals surface area contributed by atoms with Crippen LogP contribution in [0.2, 0.25) is 0 Å². The molecule has 0 amide bonds. The van der Waals surface area contributed by atoms with E-state index >= 15 is 0 Å². The summed E-state index contributed by atoms with van der Waals surface area (Å²) in [6.07, 6.45) is 0.596. The number of phenolic OH excluding ortho intramolecular Hbond substituents is 1. The van der Waals surface area contributed by atoms with E-state index in [4.69, 9.17) is 9.47 Å². The first-order valence-corrected chi connectivity index (χ1v) is 14.3. The molecule has 0 bridgehead atoms. The lowest BCUT2D eigenvalue weighted by molar-refractivity contribution is 0.150. The summed E-state index contributed by atoms with van der Waals surface area (Å²) in [5.74, 6) is 0.876. The van der Waals surface area contributed by atoms with E-state index in [2.05, 4.69) is 53.7 Å². The lowest BCUT2D eigenvalue weighted by atomic mass is 9.82. The quantitative estimate of drug-likeness (QED) is 0.354. The van der Waals surface area contributed by atoms with Gasteiger partial charge in [-0.3, -0.25) is 0 Å². The predicted molar refractivity (Wildman–Crippen MR) is 147 cm³/mol. The molecule has 0 aliphatic heterocycles. The molecule has 202 valence electrons. The predicted octanol–water partition coefficient (Wildman–Crippen LogP) is 5.95. The SMILES string of the molecule is COCCN(CCOC)S(=O)(=O)c1cc(Cc2c(C(C)C)cc(C(C)C)cc2C(C)C)cc(C)c1O.